The maximum absolute atomic E-state index is 12.7. The third-order valence-electron chi connectivity index (χ3n) is 5.34. The molecular weight excluding hydrogens is 286 g/mol. The molecule has 3 saturated heterocycles. The van der Waals surface area contributed by atoms with Crippen molar-refractivity contribution in [3.63, 3.8) is 0 Å². The van der Waals surface area contributed by atoms with Gasteiger partial charge in [0, 0.05) is 5.92 Å². The minimum atomic E-state index is 0.0527. The molecule has 3 nitrogen and oxygen atoms in total. The Labute approximate surface area is 140 Å². The van der Waals surface area contributed by atoms with Gasteiger partial charge in [-0.3, -0.25) is 9.69 Å². The molecule has 23 heavy (non-hydrogen) atoms. The van der Waals surface area contributed by atoms with E-state index >= 15 is 0 Å². The predicted octanol–water partition coefficient (Wildman–Crippen LogP) is 3.59. The molecule has 0 radical (unpaired) electrons. The van der Waals surface area contributed by atoms with Crippen molar-refractivity contribution >= 4 is 5.78 Å². The van der Waals surface area contributed by atoms with E-state index in [0.29, 0.717) is 18.3 Å². The van der Waals surface area contributed by atoms with E-state index in [0.717, 1.165) is 38.1 Å². The highest BCUT2D eigenvalue weighted by Gasteiger charge is 2.41. The van der Waals surface area contributed by atoms with Gasteiger partial charge in [0.15, 0.2) is 5.78 Å². The molecule has 1 unspecified atom stereocenters. The second-order valence-corrected chi connectivity index (χ2v) is 7.94. The highest BCUT2D eigenvalue weighted by atomic mass is 16.5. The van der Waals surface area contributed by atoms with Crippen LogP contribution in [0.3, 0.4) is 0 Å². The summed E-state index contributed by atoms with van der Waals surface area (Å²) in [5.74, 6) is 1.69. The van der Waals surface area contributed by atoms with E-state index in [4.69, 9.17) is 4.74 Å². The molecule has 2 bridgehead atoms. The molecule has 3 heteroatoms. The number of nitrogens with zero attached hydrogens (tertiary/aromatic N) is 1. The van der Waals surface area contributed by atoms with Gasteiger partial charge in [0.05, 0.1) is 12.6 Å². The molecule has 3 fully saturated rings. The Morgan fingerprint density at radius 3 is 2.48 bits per heavy atom. The molecule has 0 amide bonds. The van der Waals surface area contributed by atoms with E-state index in [-0.39, 0.29) is 11.5 Å². The largest absolute Gasteiger partial charge is 0.494 e. The SMILES string of the molecule is CCOc1ccc(C(C)(C)C)cc1CC1C(=O)C2CCN1CC2. The molecule has 0 saturated carbocycles. The summed E-state index contributed by atoms with van der Waals surface area (Å²) >= 11 is 0. The molecule has 0 spiro atoms. The number of ketones is 1. The second kappa shape index (κ2) is 6.27. The van der Waals surface area contributed by atoms with E-state index in [9.17, 15) is 4.79 Å². The lowest BCUT2D eigenvalue weighted by atomic mass is 9.79. The average molecular weight is 315 g/mol. The summed E-state index contributed by atoms with van der Waals surface area (Å²) in [4.78, 5) is 15.0. The first kappa shape index (κ1) is 16.5. The normalized spacial score (nSPS) is 27.3. The Morgan fingerprint density at radius 1 is 1.22 bits per heavy atom. The van der Waals surface area contributed by atoms with Crippen molar-refractivity contribution in [2.45, 2.75) is 58.4 Å². The van der Waals surface area contributed by atoms with Crippen LogP contribution < -0.4 is 4.74 Å². The van der Waals surface area contributed by atoms with Gasteiger partial charge in [0.1, 0.15) is 5.75 Å². The number of rotatable bonds is 4. The summed E-state index contributed by atoms with van der Waals surface area (Å²) in [6, 6.07) is 6.54. The zero-order valence-corrected chi connectivity index (χ0v) is 14.9. The van der Waals surface area contributed by atoms with Gasteiger partial charge in [0.2, 0.25) is 0 Å². The smallest absolute Gasteiger partial charge is 0.153 e. The van der Waals surface area contributed by atoms with Crippen LogP contribution in [0.25, 0.3) is 0 Å². The van der Waals surface area contributed by atoms with Gasteiger partial charge in [-0.2, -0.15) is 0 Å². The standard InChI is InChI=1S/C20H29NO2/c1-5-23-18-7-6-16(20(2,3)4)12-15(18)13-17-19(22)14-8-10-21(17)11-9-14/h6-7,12,14,17H,5,8-11,13H2,1-4H3. The Balaban J connectivity index is 1.89. The van der Waals surface area contributed by atoms with Gasteiger partial charge in [0.25, 0.3) is 0 Å². The molecule has 126 valence electrons. The van der Waals surface area contributed by atoms with Crippen molar-refractivity contribution in [1.82, 2.24) is 4.90 Å². The van der Waals surface area contributed by atoms with E-state index in [1.807, 2.05) is 6.92 Å². The lowest BCUT2D eigenvalue weighted by Crippen LogP contribution is -2.56. The Morgan fingerprint density at radius 2 is 1.91 bits per heavy atom. The fraction of sp³-hybridized carbons (Fsp3) is 0.650. The first-order chi connectivity index (χ1) is 10.9. The van der Waals surface area contributed by atoms with Crippen molar-refractivity contribution in [2.75, 3.05) is 19.7 Å². The van der Waals surface area contributed by atoms with Crippen LogP contribution in [-0.2, 0) is 16.6 Å². The maximum atomic E-state index is 12.7. The molecule has 4 rings (SSSR count). The number of ether oxygens (including phenoxy) is 1. The molecule has 0 N–H and O–H groups in total. The predicted molar refractivity (Wildman–Crippen MR) is 93.1 cm³/mol. The lowest BCUT2D eigenvalue weighted by molar-refractivity contribution is -0.136. The zero-order valence-electron chi connectivity index (χ0n) is 14.9. The van der Waals surface area contributed by atoms with Gasteiger partial charge < -0.3 is 4.74 Å². The number of carbonyl (C=O) groups excluding carboxylic acids is 1. The number of hydrogen-bond acceptors (Lipinski definition) is 3. The number of carbonyl (C=O) groups is 1. The van der Waals surface area contributed by atoms with Gasteiger partial charge >= 0.3 is 0 Å². The van der Waals surface area contributed by atoms with Gasteiger partial charge in [-0.05, 0) is 61.9 Å². The van der Waals surface area contributed by atoms with Crippen LogP contribution >= 0.6 is 0 Å². The van der Waals surface area contributed by atoms with Gasteiger partial charge in [-0.1, -0.05) is 32.9 Å². The van der Waals surface area contributed by atoms with Crippen LogP contribution in [-0.4, -0.2) is 36.4 Å². The lowest BCUT2D eigenvalue weighted by Gasteiger charge is -2.44. The summed E-state index contributed by atoms with van der Waals surface area (Å²) < 4.78 is 5.83. The number of piperidine rings is 3. The molecule has 0 aliphatic carbocycles. The van der Waals surface area contributed by atoms with E-state index in [1.54, 1.807) is 0 Å². The minimum Gasteiger partial charge on any atom is -0.494 e. The first-order valence-electron chi connectivity index (χ1n) is 8.94. The monoisotopic (exact) mass is 315 g/mol. The third kappa shape index (κ3) is 3.30. The van der Waals surface area contributed by atoms with Gasteiger partial charge in [-0.15, -0.1) is 0 Å². The molecule has 1 aromatic carbocycles. The number of Topliss-reactive ketones (excluding diaryl/α,β-unsaturated/α-hetero) is 1. The second-order valence-electron chi connectivity index (χ2n) is 7.94. The molecule has 0 aromatic heterocycles. The van der Waals surface area contributed by atoms with E-state index in [1.165, 1.54) is 11.1 Å². The summed E-state index contributed by atoms with van der Waals surface area (Å²) in [6.45, 7) is 11.5. The number of benzene rings is 1. The molecule has 3 aliphatic rings. The summed E-state index contributed by atoms with van der Waals surface area (Å²) in [5.41, 5.74) is 2.60. The van der Waals surface area contributed by atoms with Crippen molar-refractivity contribution in [3.8, 4) is 5.75 Å². The highest BCUT2D eigenvalue weighted by molar-refractivity contribution is 5.88. The van der Waals surface area contributed by atoms with Crippen molar-refractivity contribution in [3.05, 3.63) is 29.3 Å². The highest BCUT2D eigenvalue weighted by Crippen LogP contribution is 2.34. The Hall–Kier alpha value is -1.35. The van der Waals surface area contributed by atoms with Crippen molar-refractivity contribution in [2.24, 2.45) is 5.92 Å². The molecule has 3 heterocycles. The molecule has 3 aliphatic heterocycles. The Kier molecular flexibility index (Phi) is 4.50. The number of hydrogen-bond donors (Lipinski definition) is 0. The minimum absolute atomic E-state index is 0.0527. The third-order valence-corrected chi connectivity index (χ3v) is 5.34. The van der Waals surface area contributed by atoms with Crippen LogP contribution in [0.4, 0.5) is 0 Å². The fourth-order valence-corrected chi connectivity index (χ4v) is 3.89. The summed E-state index contributed by atoms with van der Waals surface area (Å²) in [7, 11) is 0. The molecule has 1 atom stereocenters. The van der Waals surface area contributed by atoms with Crippen LogP contribution in [0, 0.1) is 5.92 Å². The van der Waals surface area contributed by atoms with Crippen LogP contribution in [0.5, 0.6) is 5.75 Å². The van der Waals surface area contributed by atoms with E-state index < -0.39 is 0 Å². The molecule has 1 aromatic rings. The zero-order chi connectivity index (χ0) is 16.6. The van der Waals surface area contributed by atoms with Crippen LogP contribution in [0.2, 0.25) is 0 Å². The quantitative estimate of drug-likeness (QED) is 0.850. The van der Waals surface area contributed by atoms with E-state index in [2.05, 4.69) is 43.9 Å². The average Bonchev–Trinajstić information content (AvgIpc) is 2.52. The molecular formula is C20H29NO2. The summed E-state index contributed by atoms with van der Waals surface area (Å²) in [5, 5.41) is 0. The van der Waals surface area contributed by atoms with Crippen LogP contribution in [0.15, 0.2) is 18.2 Å². The summed E-state index contributed by atoms with van der Waals surface area (Å²) in [6.07, 6.45) is 2.89. The fourth-order valence-electron chi connectivity index (χ4n) is 3.89. The number of fused-ring (bicyclic) bond motifs is 3. The Bertz CT molecular complexity index is 580. The van der Waals surface area contributed by atoms with Crippen LogP contribution in [0.1, 0.15) is 51.7 Å². The topological polar surface area (TPSA) is 29.5 Å². The van der Waals surface area contributed by atoms with Gasteiger partial charge in [-0.25, -0.2) is 0 Å². The van der Waals surface area contributed by atoms with Crippen molar-refractivity contribution in [1.29, 1.82) is 0 Å². The maximum Gasteiger partial charge on any atom is 0.153 e. The first-order valence-corrected chi connectivity index (χ1v) is 8.94. The van der Waals surface area contributed by atoms with Crippen molar-refractivity contribution < 1.29 is 9.53 Å².